The summed E-state index contributed by atoms with van der Waals surface area (Å²) in [6.45, 7) is 0. The lowest BCUT2D eigenvalue weighted by Crippen LogP contribution is -2.11. The average molecular weight is 340 g/mol. The predicted molar refractivity (Wildman–Crippen MR) is 84.0 cm³/mol. The molecule has 3 rings (SSSR count). The molecule has 0 amide bonds. The van der Waals surface area contributed by atoms with Crippen LogP contribution in [0.15, 0.2) is 72.8 Å². The number of ether oxygens (including phenoxy) is 1. The van der Waals surface area contributed by atoms with Crippen molar-refractivity contribution in [3.8, 4) is 0 Å². The molecule has 0 radical (unpaired) electrons. The summed E-state index contributed by atoms with van der Waals surface area (Å²) in [7, 11) is 0. The summed E-state index contributed by atoms with van der Waals surface area (Å²) in [6.07, 6.45) is 2.17. The molecule has 0 bridgehead atoms. The molecule has 0 saturated heterocycles. The predicted octanol–water partition coefficient (Wildman–Crippen LogP) is 2.24. The molecule has 0 aliphatic carbocycles. The first-order chi connectivity index (χ1) is 12.1. The Morgan fingerprint density at radius 2 is 1.00 bits per heavy atom. The van der Waals surface area contributed by atoms with Gasteiger partial charge in [0.25, 0.3) is 0 Å². The molecule has 0 spiro atoms. The maximum atomic E-state index is 11.5. The van der Waals surface area contributed by atoms with Gasteiger partial charge in [0, 0.05) is 12.2 Å². The first kappa shape index (κ1) is 17.6. The van der Waals surface area contributed by atoms with Crippen LogP contribution in [0, 0.1) is 0 Å². The number of esters is 2. The zero-order valence-electron chi connectivity index (χ0n) is 12.8. The molecule has 2 aromatic rings. The minimum atomic E-state index is -0.708. The smallest absolute Gasteiger partial charge is 0.386 e. The van der Waals surface area contributed by atoms with Gasteiger partial charge in [0.1, 0.15) is 0 Å². The van der Waals surface area contributed by atoms with Gasteiger partial charge in [-0.3, -0.25) is 0 Å². The monoisotopic (exact) mass is 340 g/mol. The lowest BCUT2D eigenvalue weighted by Gasteiger charge is -2.02. The van der Waals surface area contributed by atoms with Gasteiger partial charge >= 0.3 is 23.9 Å². The highest BCUT2D eigenvalue weighted by molar-refractivity contribution is 6.04. The van der Waals surface area contributed by atoms with E-state index in [0.29, 0.717) is 11.1 Å². The van der Waals surface area contributed by atoms with E-state index in [1.165, 1.54) is 0 Å². The lowest BCUT2D eigenvalue weighted by molar-refractivity contribution is -0.187. The zero-order chi connectivity index (χ0) is 18.1. The largest absolute Gasteiger partial charge is 0.387 e. The Balaban J connectivity index is 0.000000269. The van der Waals surface area contributed by atoms with Gasteiger partial charge in [-0.05, 0) is 24.3 Å². The number of hydrogen-bond donors (Lipinski definition) is 0. The second kappa shape index (κ2) is 8.78. The topological polar surface area (TPSA) is 96.0 Å². The molecule has 7 heteroatoms. The van der Waals surface area contributed by atoms with Crippen LogP contribution in [0.2, 0.25) is 0 Å². The summed E-state index contributed by atoms with van der Waals surface area (Å²) in [4.78, 5) is 51.7. The normalized spacial score (nSPS) is 11.8. The maximum Gasteiger partial charge on any atom is 0.386 e. The molecule has 1 aliphatic rings. The van der Waals surface area contributed by atoms with Gasteiger partial charge in [0.15, 0.2) is 0 Å². The van der Waals surface area contributed by atoms with Crippen molar-refractivity contribution in [2.24, 2.45) is 0 Å². The van der Waals surface area contributed by atoms with Crippen molar-refractivity contribution in [3.05, 3.63) is 83.9 Å². The highest BCUT2D eigenvalue weighted by atomic mass is 17.2. The van der Waals surface area contributed by atoms with Gasteiger partial charge in [-0.25, -0.2) is 29.0 Å². The molecule has 126 valence electrons. The Kier molecular flexibility index (Phi) is 6.18. The fourth-order valence-electron chi connectivity index (χ4n) is 1.62. The van der Waals surface area contributed by atoms with E-state index in [0.717, 1.165) is 12.2 Å². The summed E-state index contributed by atoms with van der Waals surface area (Å²) >= 11 is 0. The van der Waals surface area contributed by atoms with E-state index in [4.69, 9.17) is 0 Å². The van der Waals surface area contributed by atoms with E-state index in [2.05, 4.69) is 14.5 Å². The number of hydrogen-bond acceptors (Lipinski definition) is 7. The quantitative estimate of drug-likeness (QED) is 0.358. The van der Waals surface area contributed by atoms with Gasteiger partial charge in [-0.2, -0.15) is 0 Å². The van der Waals surface area contributed by atoms with Gasteiger partial charge < -0.3 is 4.74 Å². The lowest BCUT2D eigenvalue weighted by atomic mass is 10.2. The molecule has 0 unspecified atom stereocenters. The maximum absolute atomic E-state index is 11.5. The van der Waals surface area contributed by atoms with Crippen LogP contribution in [0.5, 0.6) is 0 Å². The zero-order valence-corrected chi connectivity index (χ0v) is 12.8. The van der Waals surface area contributed by atoms with Crippen LogP contribution in [-0.2, 0) is 24.1 Å². The van der Waals surface area contributed by atoms with Crippen LogP contribution in [-0.4, -0.2) is 23.9 Å². The van der Waals surface area contributed by atoms with Gasteiger partial charge in [0.05, 0.1) is 11.1 Å². The van der Waals surface area contributed by atoms with E-state index in [-0.39, 0.29) is 0 Å². The third-order valence-electron chi connectivity index (χ3n) is 2.77. The molecule has 0 saturated carbocycles. The first-order valence-electron chi connectivity index (χ1n) is 7.03. The molecule has 2 aromatic carbocycles. The van der Waals surface area contributed by atoms with Gasteiger partial charge in [-0.1, -0.05) is 36.4 Å². The summed E-state index contributed by atoms with van der Waals surface area (Å²) in [5, 5.41) is 0. The molecule has 7 nitrogen and oxygen atoms in total. The third-order valence-corrected chi connectivity index (χ3v) is 2.77. The van der Waals surface area contributed by atoms with Crippen molar-refractivity contribution < 1.29 is 33.7 Å². The Labute approximate surface area is 142 Å². The van der Waals surface area contributed by atoms with Crippen molar-refractivity contribution in [2.45, 2.75) is 0 Å². The van der Waals surface area contributed by atoms with Crippen molar-refractivity contribution >= 4 is 23.9 Å². The molecule has 1 aliphatic heterocycles. The number of cyclic esters (lactones) is 2. The highest BCUT2D eigenvalue weighted by Crippen LogP contribution is 2.05. The molecule has 0 fully saturated rings. The first-order valence-corrected chi connectivity index (χ1v) is 7.03. The van der Waals surface area contributed by atoms with E-state index in [9.17, 15) is 19.2 Å². The third kappa shape index (κ3) is 5.76. The van der Waals surface area contributed by atoms with E-state index in [1.807, 2.05) is 0 Å². The molecular weight excluding hydrogens is 328 g/mol. The second-order valence-electron chi connectivity index (χ2n) is 4.55. The Morgan fingerprint density at radius 3 is 1.28 bits per heavy atom. The molecule has 0 aromatic heterocycles. The molecule has 0 atom stereocenters. The summed E-state index contributed by atoms with van der Waals surface area (Å²) in [5.41, 5.74) is 0.636. The van der Waals surface area contributed by atoms with Crippen molar-refractivity contribution in [2.75, 3.05) is 0 Å². The average Bonchev–Trinajstić information content (AvgIpc) is 3.04. The Hall–Kier alpha value is -3.74. The number of carbonyl (C=O) groups is 4. The standard InChI is InChI=1S/C14H10O4.C4H2O3/c15-13(11-7-3-1-4-8-11)17-18-14(16)12-9-5-2-6-10-12;5-3-1-2-4(6)7-3/h1-10H;1-2H. The summed E-state index contributed by atoms with van der Waals surface area (Å²) in [6, 6.07) is 16.6. The van der Waals surface area contributed by atoms with E-state index in [1.54, 1.807) is 60.7 Å². The molecule has 25 heavy (non-hydrogen) atoms. The highest BCUT2D eigenvalue weighted by Gasteiger charge is 2.13. The molecule has 0 N–H and O–H groups in total. The molecule has 1 heterocycles. The Bertz CT molecular complexity index is 727. The van der Waals surface area contributed by atoms with Gasteiger partial charge in [-0.15, -0.1) is 0 Å². The van der Waals surface area contributed by atoms with Gasteiger partial charge in [0.2, 0.25) is 0 Å². The minimum Gasteiger partial charge on any atom is -0.387 e. The van der Waals surface area contributed by atoms with E-state index >= 15 is 0 Å². The summed E-state index contributed by atoms with van der Waals surface area (Å²) < 4.78 is 3.97. The van der Waals surface area contributed by atoms with Crippen LogP contribution in [0.3, 0.4) is 0 Å². The van der Waals surface area contributed by atoms with Crippen molar-refractivity contribution in [3.63, 3.8) is 0 Å². The van der Waals surface area contributed by atoms with E-state index < -0.39 is 23.9 Å². The van der Waals surface area contributed by atoms with Crippen LogP contribution in [0.4, 0.5) is 0 Å². The number of rotatable bonds is 2. The fourth-order valence-corrected chi connectivity index (χ4v) is 1.62. The van der Waals surface area contributed by atoms with Crippen molar-refractivity contribution in [1.29, 1.82) is 0 Å². The van der Waals surface area contributed by atoms with Crippen LogP contribution >= 0.6 is 0 Å². The second-order valence-corrected chi connectivity index (χ2v) is 4.55. The fraction of sp³-hybridized carbons (Fsp3) is 0. The Morgan fingerprint density at radius 1 is 0.640 bits per heavy atom. The van der Waals surface area contributed by atoms with Crippen LogP contribution in [0.25, 0.3) is 0 Å². The summed E-state index contributed by atoms with van der Waals surface area (Å²) in [5.74, 6) is -2.57. The van der Waals surface area contributed by atoms with Crippen LogP contribution < -0.4 is 0 Å². The molecular formula is C18H12O7. The SMILES string of the molecule is O=C(OOC(=O)c1ccccc1)c1ccccc1.O=C1C=CC(=O)O1. The number of benzene rings is 2. The van der Waals surface area contributed by atoms with Crippen molar-refractivity contribution in [1.82, 2.24) is 0 Å². The van der Waals surface area contributed by atoms with Crippen LogP contribution in [0.1, 0.15) is 20.7 Å². The number of carbonyl (C=O) groups excluding carboxylic acids is 4. The minimum absolute atomic E-state index is 0.318.